The first kappa shape index (κ1) is 15.6. The lowest BCUT2D eigenvalue weighted by molar-refractivity contribution is 0.0690. The van der Waals surface area contributed by atoms with Crippen LogP contribution in [0.2, 0.25) is 0 Å². The van der Waals surface area contributed by atoms with Gasteiger partial charge in [0.25, 0.3) is 5.56 Å². The van der Waals surface area contributed by atoms with Crippen molar-refractivity contribution in [1.82, 2.24) is 4.57 Å². The molecule has 2 aromatic rings. The van der Waals surface area contributed by atoms with Gasteiger partial charge in [-0.3, -0.25) is 9.36 Å². The third-order valence-corrected chi connectivity index (χ3v) is 3.09. The van der Waals surface area contributed by atoms with Crippen molar-refractivity contribution in [2.24, 2.45) is 7.05 Å². The van der Waals surface area contributed by atoms with Crippen LogP contribution in [0.4, 0.5) is 0 Å². The Morgan fingerprint density at radius 3 is 2.50 bits per heavy atom. The number of carbonyl (C=O) groups is 1. The average Bonchev–Trinajstić information content (AvgIpc) is 2.51. The molecule has 0 saturated heterocycles. The summed E-state index contributed by atoms with van der Waals surface area (Å²) in [5.74, 6) is -1.24. The van der Waals surface area contributed by atoms with Crippen LogP contribution in [-0.2, 0) is 13.7 Å². The summed E-state index contributed by atoms with van der Waals surface area (Å²) in [5.41, 5.74) is 0.0940. The number of rotatable bonds is 6. The normalized spacial score (nSPS) is 10.3. The van der Waals surface area contributed by atoms with Crippen LogP contribution < -0.4 is 15.0 Å². The van der Waals surface area contributed by atoms with Crippen LogP contribution in [0.25, 0.3) is 0 Å². The summed E-state index contributed by atoms with van der Waals surface area (Å²) in [4.78, 5) is 23.7. The van der Waals surface area contributed by atoms with E-state index in [2.05, 4.69) is 0 Å². The van der Waals surface area contributed by atoms with Crippen molar-refractivity contribution in [3.8, 4) is 11.6 Å². The van der Waals surface area contributed by atoms with E-state index < -0.39 is 11.5 Å². The van der Waals surface area contributed by atoms with Crippen LogP contribution in [0, 0.1) is 0 Å². The molecule has 0 amide bonds. The van der Waals surface area contributed by atoms with Gasteiger partial charge in [-0.15, -0.1) is 0 Å². The zero-order valence-corrected chi connectivity index (χ0v) is 12.4. The lowest BCUT2D eigenvalue weighted by Gasteiger charge is -2.14. The number of aromatic carboxylic acids is 1. The maximum absolute atomic E-state index is 12.3. The molecule has 1 aromatic carbocycles. The Hall–Kier alpha value is -2.76. The highest BCUT2D eigenvalue weighted by molar-refractivity contribution is 5.91. The molecule has 0 atom stereocenters. The van der Waals surface area contributed by atoms with E-state index in [0.29, 0.717) is 6.61 Å². The summed E-state index contributed by atoms with van der Waals surface area (Å²) in [6, 6.07) is 10.5. The van der Waals surface area contributed by atoms with Crippen molar-refractivity contribution in [2.45, 2.75) is 13.5 Å². The van der Waals surface area contributed by atoms with E-state index in [9.17, 15) is 14.7 Å². The first-order chi connectivity index (χ1) is 10.5. The Kier molecular flexibility index (Phi) is 4.83. The molecule has 0 aliphatic rings. The molecule has 6 heteroatoms. The van der Waals surface area contributed by atoms with Crippen LogP contribution in [0.3, 0.4) is 0 Å². The number of hydrogen-bond acceptors (Lipinski definition) is 4. The van der Waals surface area contributed by atoms with Gasteiger partial charge in [0, 0.05) is 13.1 Å². The van der Waals surface area contributed by atoms with E-state index in [-0.39, 0.29) is 23.8 Å². The average molecular weight is 303 g/mol. The van der Waals surface area contributed by atoms with Gasteiger partial charge in [0.05, 0.1) is 6.61 Å². The van der Waals surface area contributed by atoms with Crippen LogP contribution in [0.1, 0.15) is 22.8 Å². The highest BCUT2D eigenvalue weighted by Gasteiger charge is 2.20. The number of aromatic nitrogens is 1. The molecule has 0 saturated carbocycles. The number of hydrogen-bond donors (Lipinski definition) is 1. The van der Waals surface area contributed by atoms with Gasteiger partial charge in [-0.2, -0.15) is 0 Å². The summed E-state index contributed by atoms with van der Waals surface area (Å²) in [7, 11) is 1.51. The lowest BCUT2D eigenvalue weighted by atomic mass is 10.2. The predicted octanol–water partition coefficient (Wildman–Crippen LogP) is 2.06. The summed E-state index contributed by atoms with van der Waals surface area (Å²) >= 11 is 0. The van der Waals surface area contributed by atoms with Crippen LogP contribution in [-0.4, -0.2) is 22.2 Å². The maximum atomic E-state index is 12.3. The molecule has 6 nitrogen and oxygen atoms in total. The smallest absolute Gasteiger partial charge is 0.339 e. The molecule has 116 valence electrons. The fraction of sp³-hybridized carbons (Fsp3) is 0.250. The van der Waals surface area contributed by atoms with Crippen molar-refractivity contribution in [1.29, 1.82) is 0 Å². The highest BCUT2D eigenvalue weighted by atomic mass is 16.5. The number of carboxylic acid groups (broad SMARTS) is 1. The third kappa shape index (κ3) is 3.28. The molecule has 2 rings (SSSR count). The Balaban J connectivity index is 2.39. The first-order valence-electron chi connectivity index (χ1n) is 6.81. The van der Waals surface area contributed by atoms with Crippen molar-refractivity contribution < 1.29 is 19.4 Å². The molecule has 0 bridgehead atoms. The van der Waals surface area contributed by atoms with E-state index >= 15 is 0 Å². The Labute approximate surface area is 127 Å². The predicted molar refractivity (Wildman–Crippen MR) is 80.6 cm³/mol. The fourth-order valence-electron chi connectivity index (χ4n) is 1.97. The van der Waals surface area contributed by atoms with E-state index in [0.717, 1.165) is 5.56 Å². The van der Waals surface area contributed by atoms with Gasteiger partial charge in [-0.1, -0.05) is 30.3 Å². The SMILES string of the molecule is CCOc1cc(C(=O)O)c(OCc2ccccc2)c(=O)n1C. The second-order valence-corrected chi connectivity index (χ2v) is 4.60. The molecule has 0 fully saturated rings. The minimum Gasteiger partial charge on any atom is -0.482 e. The standard InChI is InChI=1S/C16H17NO5/c1-3-21-13-9-12(16(19)20)14(15(18)17(13)2)22-10-11-7-5-4-6-8-11/h4-9H,3,10H2,1-2H3,(H,19,20). The minimum absolute atomic E-state index is 0.115. The molecule has 0 spiro atoms. The number of nitrogens with zero attached hydrogens (tertiary/aromatic N) is 1. The van der Waals surface area contributed by atoms with E-state index in [1.807, 2.05) is 30.3 Å². The summed E-state index contributed by atoms with van der Waals surface area (Å²) in [6.45, 7) is 2.20. The number of carboxylic acids is 1. The van der Waals surface area contributed by atoms with Gasteiger partial charge in [0.1, 0.15) is 12.2 Å². The highest BCUT2D eigenvalue weighted by Crippen LogP contribution is 2.20. The minimum atomic E-state index is -1.23. The molecular formula is C16H17NO5. The lowest BCUT2D eigenvalue weighted by Crippen LogP contribution is -2.24. The van der Waals surface area contributed by atoms with Gasteiger partial charge in [-0.05, 0) is 12.5 Å². The van der Waals surface area contributed by atoms with Crippen LogP contribution in [0.5, 0.6) is 11.6 Å². The molecule has 1 aromatic heterocycles. The van der Waals surface area contributed by atoms with E-state index in [1.54, 1.807) is 6.92 Å². The first-order valence-corrected chi connectivity index (χ1v) is 6.81. The fourth-order valence-corrected chi connectivity index (χ4v) is 1.97. The van der Waals surface area contributed by atoms with Crippen molar-refractivity contribution in [3.05, 3.63) is 57.9 Å². The topological polar surface area (TPSA) is 77.8 Å². The van der Waals surface area contributed by atoms with Crippen LogP contribution >= 0.6 is 0 Å². The van der Waals surface area contributed by atoms with Crippen molar-refractivity contribution >= 4 is 5.97 Å². The summed E-state index contributed by atoms with van der Waals surface area (Å²) in [5, 5.41) is 9.29. The zero-order chi connectivity index (χ0) is 16.1. The molecule has 0 aliphatic carbocycles. The molecular weight excluding hydrogens is 286 g/mol. The van der Waals surface area contributed by atoms with Gasteiger partial charge in [0.15, 0.2) is 11.6 Å². The van der Waals surface area contributed by atoms with Gasteiger partial charge >= 0.3 is 5.97 Å². The van der Waals surface area contributed by atoms with Gasteiger partial charge in [0.2, 0.25) is 0 Å². The number of benzene rings is 1. The van der Waals surface area contributed by atoms with Crippen LogP contribution in [0.15, 0.2) is 41.2 Å². The molecule has 1 N–H and O–H groups in total. The number of pyridine rings is 1. The van der Waals surface area contributed by atoms with Gasteiger partial charge < -0.3 is 14.6 Å². The third-order valence-electron chi connectivity index (χ3n) is 3.09. The molecule has 1 heterocycles. The second kappa shape index (κ2) is 6.80. The van der Waals surface area contributed by atoms with Crippen molar-refractivity contribution in [2.75, 3.05) is 6.61 Å². The summed E-state index contributed by atoms with van der Waals surface area (Å²) in [6.07, 6.45) is 0. The number of ether oxygens (including phenoxy) is 2. The molecule has 22 heavy (non-hydrogen) atoms. The molecule has 0 aliphatic heterocycles. The Morgan fingerprint density at radius 2 is 1.91 bits per heavy atom. The van der Waals surface area contributed by atoms with E-state index in [4.69, 9.17) is 9.47 Å². The molecule has 0 radical (unpaired) electrons. The summed E-state index contributed by atoms with van der Waals surface area (Å²) < 4.78 is 12.0. The van der Waals surface area contributed by atoms with Gasteiger partial charge in [-0.25, -0.2) is 4.79 Å². The zero-order valence-electron chi connectivity index (χ0n) is 12.4. The maximum Gasteiger partial charge on any atom is 0.339 e. The second-order valence-electron chi connectivity index (χ2n) is 4.60. The Morgan fingerprint density at radius 1 is 1.23 bits per heavy atom. The largest absolute Gasteiger partial charge is 0.482 e. The van der Waals surface area contributed by atoms with Crippen molar-refractivity contribution in [3.63, 3.8) is 0 Å². The van der Waals surface area contributed by atoms with E-state index in [1.165, 1.54) is 17.7 Å². The molecule has 0 unspecified atom stereocenters. The Bertz CT molecular complexity index is 721. The quantitative estimate of drug-likeness (QED) is 0.884. The monoisotopic (exact) mass is 303 g/mol.